The maximum atomic E-state index is 14.2. The number of halogens is 2. The summed E-state index contributed by atoms with van der Waals surface area (Å²) in [6.07, 6.45) is 2.21. The zero-order chi connectivity index (χ0) is 14.9. The van der Waals surface area contributed by atoms with E-state index in [4.69, 9.17) is 10.9 Å². The Labute approximate surface area is 116 Å². The third-order valence-corrected chi connectivity index (χ3v) is 3.48. The summed E-state index contributed by atoms with van der Waals surface area (Å²) in [6.45, 7) is 4.45. The molecule has 1 fully saturated rings. The number of nitrogens with two attached hydrogens (primary N) is 1. The summed E-state index contributed by atoms with van der Waals surface area (Å²) >= 11 is 0. The predicted octanol–water partition coefficient (Wildman–Crippen LogP) is 2.68. The Morgan fingerprint density at radius 1 is 1.40 bits per heavy atom. The van der Waals surface area contributed by atoms with Gasteiger partial charge in [0.05, 0.1) is 0 Å². The van der Waals surface area contributed by atoms with Crippen molar-refractivity contribution in [3.63, 3.8) is 0 Å². The van der Waals surface area contributed by atoms with Crippen LogP contribution in [0.2, 0.25) is 0 Å². The number of rotatable bonds is 5. The highest BCUT2D eigenvalue weighted by molar-refractivity contribution is 5.97. The quantitative estimate of drug-likeness (QED) is 0.378. The van der Waals surface area contributed by atoms with Crippen LogP contribution in [0.4, 0.5) is 14.5 Å². The number of anilines is 1. The molecule has 0 radical (unpaired) electrons. The van der Waals surface area contributed by atoms with Crippen LogP contribution >= 0.6 is 0 Å². The van der Waals surface area contributed by atoms with Crippen LogP contribution < -0.4 is 10.6 Å². The van der Waals surface area contributed by atoms with E-state index in [-0.39, 0.29) is 23.1 Å². The number of oxime groups is 1. The van der Waals surface area contributed by atoms with E-state index in [9.17, 15) is 8.78 Å². The number of amidine groups is 1. The molecule has 0 spiro atoms. The van der Waals surface area contributed by atoms with Crippen LogP contribution in [0.1, 0.15) is 32.3 Å². The van der Waals surface area contributed by atoms with Gasteiger partial charge in [0.2, 0.25) is 0 Å². The molecule has 4 nitrogen and oxygen atoms in total. The minimum absolute atomic E-state index is 0.00527. The van der Waals surface area contributed by atoms with Crippen LogP contribution in [0.5, 0.6) is 0 Å². The Bertz CT molecular complexity index is 504. The Morgan fingerprint density at radius 3 is 2.35 bits per heavy atom. The van der Waals surface area contributed by atoms with Crippen molar-refractivity contribution in [3.8, 4) is 0 Å². The zero-order valence-electron chi connectivity index (χ0n) is 11.6. The molecule has 0 aromatic heterocycles. The van der Waals surface area contributed by atoms with Gasteiger partial charge in [-0.2, -0.15) is 0 Å². The van der Waals surface area contributed by atoms with Gasteiger partial charge in [-0.25, -0.2) is 8.78 Å². The highest BCUT2D eigenvalue weighted by atomic mass is 19.1. The summed E-state index contributed by atoms with van der Waals surface area (Å²) in [5.41, 5.74) is 5.35. The molecule has 20 heavy (non-hydrogen) atoms. The van der Waals surface area contributed by atoms with Gasteiger partial charge in [-0.3, -0.25) is 0 Å². The summed E-state index contributed by atoms with van der Waals surface area (Å²) in [5, 5.41) is 11.3. The third kappa shape index (κ3) is 3.00. The van der Waals surface area contributed by atoms with Gasteiger partial charge in [-0.1, -0.05) is 5.16 Å². The molecule has 110 valence electrons. The summed E-state index contributed by atoms with van der Waals surface area (Å²) in [7, 11) is 0. The lowest BCUT2D eigenvalue weighted by Crippen LogP contribution is -2.34. The summed E-state index contributed by atoms with van der Waals surface area (Å²) < 4.78 is 28.4. The number of nitrogens with zero attached hydrogens (tertiary/aromatic N) is 2. The van der Waals surface area contributed by atoms with Crippen LogP contribution in [0.3, 0.4) is 0 Å². The second kappa shape index (κ2) is 5.64. The summed E-state index contributed by atoms with van der Waals surface area (Å²) in [5.74, 6) is -1.19. The molecule has 1 aliphatic carbocycles. The molecule has 0 saturated heterocycles. The highest BCUT2D eigenvalue weighted by Crippen LogP contribution is 2.34. The van der Waals surface area contributed by atoms with Crippen molar-refractivity contribution in [2.24, 2.45) is 16.8 Å². The maximum absolute atomic E-state index is 14.2. The van der Waals surface area contributed by atoms with Crippen molar-refractivity contribution in [2.45, 2.75) is 32.7 Å². The fraction of sp³-hybridized carbons (Fsp3) is 0.500. The van der Waals surface area contributed by atoms with E-state index in [2.05, 4.69) is 5.16 Å². The molecule has 1 saturated carbocycles. The van der Waals surface area contributed by atoms with Gasteiger partial charge in [0.1, 0.15) is 17.3 Å². The third-order valence-electron chi connectivity index (χ3n) is 3.48. The van der Waals surface area contributed by atoms with E-state index in [1.165, 1.54) is 0 Å². The van der Waals surface area contributed by atoms with Crippen molar-refractivity contribution in [3.05, 3.63) is 29.3 Å². The van der Waals surface area contributed by atoms with Crippen molar-refractivity contribution in [1.29, 1.82) is 0 Å². The van der Waals surface area contributed by atoms with Crippen LogP contribution in [-0.2, 0) is 0 Å². The molecule has 0 bridgehead atoms. The van der Waals surface area contributed by atoms with Gasteiger partial charge >= 0.3 is 0 Å². The smallest absolute Gasteiger partial charge is 0.170 e. The van der Waals surface area contributed by atoms with Gasteiger partial charge in [-0.05, 0) is 44.7 Å². The second-order valence-corrected chi connectivity index (χ2v) is 5.46. The van der Waals surface area contributed by atoms with Crippen LogP contribution in [0, 0.1) is 17.6 Å². The zero-order valence-corrected chi connectivity index (χ0v) is 11.6. The molecule has 2 rings (SSSR count). The van der Waals surface area contributed by atoms with E-state index in [1.54, 1.807) is 4.90 Å². The molecule has 6 heteroatoms. The Morgan fingerprint density at radius 2 is 1.95 bits per heavy atom. The van der Waals surface area contributed by atoms with E-state index in [1.807, 2.05) is 13.8 Å². The fourth-order valence-corrected chi connectivity index (χ4v) is 2.18. The van der Waals surface area contributed by atoms with E-state index >= 15 is 0 Å². The SMILES string of the molecule is CC(C)N(CC1CC1)c1c(F)cc(C(N)=NO)cc1F. The molecule has 0 heterocycles. The average molecular weight is 283 g/mol. The molecule has 3 N–H and O–H groups in total. The summed E-state index contributed by atoms with van der Waals surface area (Å²) in [6, 6.07) is 2.18. The minimum atomic E-state index is -0.694. The molecular weight excluding hydrogens is 264 g/mol. The fourth-order valence-electron chi connectivity index (χ4n) is 2.18. The summed E-state index contributed by atoms with van der Waals surface area (Å²) in [4.78, 5) is 1.73. The number of hydrogen-bond donors (Lipinski definition) is 2. The largest absolute Gasteiger partial charge is 0.409 e. The van der Waals surface area contributed by atoms with Crippen molar-refractivity contribution in [1.82, 2.24) is 0 Å². The topological polar surface area (TPSA) is 61.8 Å². The molecule has 0 atom stereocenters. The lowest BCUT2D eigenvalue weighted by atomic mass is 10.1. The molecule has 0 unspecified atom stereocenters. The maximum Gasteiger partial charge on any atom is 0.170 e. The molecule has 0 amide bonds. The van der Waals surface area contributed by atoms with Crippen molar-refractivity contribution >= 4 is 11.5 Å². The van der Waals surface area contributed by atoms with Gasteiger partial charge < -0.3 is 15.8 Å². The number of benzene rings is 1. The van der Waals surface area contributed by atoms with Gasteiger partial charge in [0.25, 0.3) is 0 Å². The first kappa shape index (κ1) is 14.6. The monoisotopic (exact) mass is 283 g/mol. The first-order valence-electron chi connectivity index (χ1n) is 6.67. The normalized spacial score (nSPS) is 15.8. The van der Waals surface area contributed by atoms with Crippen LogP contribution in [0.25, 0.3) is 0 Å². The lowest BCUT2D eigenvalue weighted by molar-refractivity contribution is 0.318. The highest BCUT2D eigenvalue weighted by Gasteiger charge is 2.29. The molecule has 1 aliphatic rings. The van der Waals surface area contributed by atoms with E-state index < -0.39 is 11.6 Å². The predicted molar refractivity (Wildman–Crippen MR) is 74.1 cm³/mol. The van der Waals surface area contributed by atoms with Gasteiger partial charge in [0, 0.05) is 18.2 Å². The standard InChI is InChI=1S/C14H19F2N3O/c1-8(2)19(7-9-3-4-9)13-11(15)5-10(6-12(13)16)14(17)18-20/h5-6,8-9,20H,3-4,7H2,1-2H3,(H2,17,18). The van der Waals surface area contributed by atoms with Crippen LogP contribution in [0.15, 0.2) is 17.3 Å². The van der Waals surface area contributed by atoms with Crippen LogP contribution in [-0.4, -0.2) is 23.6 Å². The minimum Gasteiger partial charge on any atom is -0.409 e. The average Bonchev–Trinajstić information content (AvgIpc) is 3.19. The molecular formula is C14H19F2N3O. The Hall–Kier alpha value is -1.85. The van der Waals surface area contributed by atoms with Gasteiger partial charge in [-0.15, -0.1) is 0 Å². The molecule has 1 aromatic carbocycles. The first-order chi connectivity index (χ1) is 9.43. The van der Waals surface area contributed by atoms with Crippen molar-refractivity contribution < 1.29 is 14.0 Å². The Kier molecular flexibility index (Phi) is 4.11. The Balaban J connectivity index is 2.39. The number of hydrogen-bond acceptors (Lipinski definition) is 3. The van der Waals surface area contributed by atoms with Crippen molar-refractivity contribution in [2.75, 3.05) is 11.4 Å². The molecule has 1 aromatic rings. The molecule has 0 aliphatic heterocycles. The first-order valence-corrected chi connectivity index (χ1v) is 6.67. The second-order valence-electron chi connectivity index (χ2n) is 5.46. The van der Waals surface area contributed by atoms with Gasteiger partial charge in [0.15, 0.2) is 5.84 Å². The van der Waals surface area contributed by atoms with E-state index in [0.717, 1.165) is 25.0 Å². The lowest BCUT2D eigenvalue weighted by Gasteiger charge is -2.30. The van der Waals surface area contributed by atoms with E-state index in [0.29, 0.717) is 12.5 Å².